The third kappa shape index (κ3) is 1.75. The summed E-state index contributed by atoms with van der Waals surface area (Å²) in [6.07, 6.45) is -0.913. The van der Waals surface area contributed by atoms with Crippen LogP contribution in [0.2, 0.25) is 0 Å². The van der Waals surface area contributed by atoms with Crippen molar-refractivity contribution in [2.24, 2.45) is 0 Å². The summed E-state index contributed by atoms with van der Waals surface area (Å²) < 4.78 is 0. The third-order valence-electron chi connectivity index (χ3n) is 1.61. The van der Waals surface area contributed by atoms with Crippen molar-refractivity contribution in [3.05, 3.63) is 30.3 Å². The molecule has 0 spiro atoms. The summed E-state index contributed by atoms with van der Waals surface area (Å²) in [4.78, 5) is 11.9. The number of para-hydroxylation sites is 1. The molecule has 0 fully saturated rings. The van der Waals surface area contributed by atoms with Crippen LogP contribution >= 0.6 is 0 Å². The van der Waals surface area contributed by atoms with Gasteiger partial charge in [0.2, 0.25) is 0 Å². The highest BCUT2D eigenvalue weighted by molar-refractivity contribution is 5.85. The zero-order valence-electron chi connectivity index (χ0n) is 6.90. The van der Waals surface area contributed by atoms with Gasteiger partial charge in [0.05, 0.1) is 0 Å². The first kappa shape index (κ1) is 8.59. The molecular formula is C9H11NO2. The average Bonchev–Trinajstić information content (AvgIpc) is 2.07. The third-order valence-corrected chi connectivity index (χ3v) is 1.61. The second kappa shape index (κ2) is 3.76. The van der Waals surface area contributed by atoms with Gasteiger partial charge < -0.3 is 5.11 Å². The fraction of sp³-hybridized carbons (Fsp3) is 0.222. The standard InChI is InChI=1S/C9H11NO2/c1-2-10(9(11)12)8-6-4-3-5-7-8/h3-7H,2H2,1H3,(H,11,12). The van der Waals surface area contributed by atoms with Crippen LogP contribution in [0.3, 0.4) is 0 Å². The molecule has 0 heterocycles. The summed E-state index contributed by atoms with van der Waals surface area (Å²) in [5.41, 5.74) is 0.715. The molecule has 64 valence electrons. The predicted octanol–water partition coefficient (Wildman–Crippen LogP) is 2.19. The first-order chi connectivity index (χ1) is 5.75. The molecule has 0 atom stereocenters. The van der Waals surface area contributed by atoms with Gasteiger partial charge in [-0.05, 0) is 19.1 Å². The fourth-order valence-corrected chi connectivity index (χ4v) is 1.04. The molecule has 0 saturated carbocycles. The Morgan fingerprint density at radius 2 is 2.00 bits per heavy atom. The molecule has 12 heavy (non-hydrogen) atoms. The smallest absolute Gasteiger partial charge is 0.411 e. The molecule has 0 bridgehead atoms. The van der Waals surface area contributed by atoms with Crippen LogP contribution in [0.15, 0.2) is 30.3 Å². The van der Waals surface area contributed by atoms with Crippen molar-refractivity contribution in [2.75, 3.05) is 11.4 Å². The number of hydrogen-bond acceptors (Lipinski definition) is 1. The van der Waals surface area contributed by atoms with Gasteiger partial charge in [-0.1, -0.05) is 18.2 Å². The molecular weight excluding hydrogens is 154 g/mol. The van der Waals surface area contributed by atoms with Gasteiger partial charge in [-0.25, -0.2) is 4.79 Å². The lowest BCUT2D eigenvalue weighted by Crippen LogP contribution is -2.28. The van der Waals surface area contributed by atoms with Crippen LogP contribution in [0.1, 0.15) is 6.92 Å². The van der Waals surface area contributed by atoms with Crippen molar-refractivity contribution in [1.29, 1.82) is 0 Å². The fourth-order valence-electron chi connectivity index (χ4n) is 1.04. The Kier molecular flexibility index (Phi) is 2.69. The number of amides is 1. The normalized spacial score (nSPS) is 9.42. The first-order valence-corrected chi connectivity index (χ1v) is 3.81. The van der Waals surface area contributed by atoms with E-state index in [9.17, 15) is 4.79 Å². The Morgan fingerprint density at radius 1 is 1.42 bits per heavy atom. The average molecular weight is 165 g/mol. The highest BCUT2D eigenvalue weighted by atomic mass is 16.4. The number of carbonyl (C=O) groups is 1. The SMILES string of the molecule is CCN(C(=O)O)c1ccccc1. The number of hydrogen-bond donors (Lipinski definition) is 1. The lowest BCUT2D eigenvalue weighted by Gasteiger charge is -2.16. The van der Waals surface area contributed by atoms with Gasteiger partial charge in [0.1, 0.15) is 0 Å². The molecule has 1 N–H and O–H groups in total. The molecule has 0 aromatic heterocycles. The minimum Gasteiger partial charge on any atom is -0.465 e. The minimum absolute atomic E-state index is 0.472. The summed E-state index contributed by atoms with van der Waals surface area (Å²) in [5, 5.41) is 8.75. The predicted molar refractivity (Wildman–Crippen MR) is 47.5 cm³/mol. The Morgan fingerprint density at radius 3 is 2.42 bits per heavy atom. The molecule has 0 radical (unpaired) electrons. The summed E-state index contributed by atoms with van der Waals surface area (Å²) in [6, 6.07) is 9.05. The lowest BCUT2D eigenvalue weighted by molar-refractivity contribution is 0.202. The van der Waals surface area contributed by atoms with Crippen molar-refractivity contribution in [1.82, 2.24) is 0 Å². The van der Waals surface area contributed by atoms with Crippen LogP contribution in [0.4, 0.5) is 10.5 Å². The summed E-state index contributed by atoms with van der Waals surface area (Å²) in [7, 11) is 0. The van der Waals surface area contributed by atoms with E-state index in [-0.39, 0.29) is 0 Å². The van der Waals surface area contributed by atoms with Gasteiger partial charge in [0.15, 0.2) is 0 Å². The molecule has 1 rings (SSSR count). The molecule has 0 saturated heterocycles. The second-order valence-electron chi connectivity index (χ2n) is 2.36. The van der Waals surface area contributed by atoms with E-state index >= 15 is 0 Å². The van der Waals surface area contributed by atoms with E-state index in [1.165, 1.54) is 4.90 Å². The molecule has 1 amide bonds. The van der Waals surface area contributed by atoms with Crippen molar-refractivity contribution in [3.63, 3.8) is 0 Å². The largest absolute Gasteiger partial charge is 0.465 e. The van der Waals surface area contributed by atoms with Crippen molar-refractivity contribution in [2.45, 2.75) is 6.92 Å². The Balaban J connectivity index is 2.88. The number of carboxylic acid groups (broad SMARTS) is 1. The molecule has 1 aromatic carbocycles. The van der Waals surface area contributed by atoms with E-state index in [1.54, 1.807) is 19.1 Å². The number of rotatable bonds is 2. The number of anilines is 1. The van der Waals surface area contributed by atoms with Crippen molar-refractivity contribution in [3.8, 4) is 0 Å². The van der Waals surface area contributed by atoms with Crippen LogP contribution < -0.4 is 4.90 Å². The summed E-state index contributed by atoms with van der Waals surface area (Å²) >= 11 is 0. The Bertz CT molecular complexity index is 258. The van der Waals surface area contributed by atoms with Crippen LogP contribution in [0.5, 0.6) is 0 Å². The van der Waals surface area contributed by atoms with Crippen LogP contribution in [0, 0.1) is 0 Å². The molecule has 0 aliphatic rings. The maximum atomic E-state index is 10.7. The van der Waals surface area contributed by atoms with Gasteiger partial charge in [-0.15, -0.1) is 0 Å². The molecule has 3 heteroatoms. The molecule has 1 aromatic rings. The van der Waals surface area contributed by atoms with E-state index < -0.39 is 6.09 Å². The summed E-state index contributed by atoms with van der Waals surface area (Å²) in [6.45, 7) is 2.28. The van der Waals surface area contributed by atoms with Crippen LogP contribution in [-0.4, -0.2) is 17.7 Å². The van der Waals surface area contributed by atoms with E-state index in [2.05, 4.69) is 0 Å². The first-order valence-electron chi connectivity index (χ1n) is 3.81. The monoisotopic (exact) mass is 165 g/mol. The Labute approximate surface area is 71.2 Å². The number of nitrogens with zero attached hydrogens (tertiary/aromatic N) is 1. The maximum Gasteiger partial charge on any atom is 0.411 e. The molecule has 0 unspecified atom stereocenters. The van der Waals surface area contributed by atoms with E-state index in [1.807, 2.05) is 18.2 Å². The second-order valence-corrected chi connectivity index (χ2v) is 2.36. The zero-order chi connectivity index (χ0) is 8.97. The van der Waals surface area contributed by atoms with E-state index in [0.29, 0.717) is 12.2 Å². The molecule has 0 aliphatic heterocycles. The minimum atomic E-state index is -0.913. The highest BCUT2D eigenvalue weighted by Crippen LogP contribution is 2.12. The van der Waals surface area contributed by atoms with Gasteiger partial charge in [-0.2, -0.15) is 0 Å². The van der Waals surface area contributed by atoms with Gasteiger partial charge in [-0.3, -0.25) is 4.90 Å². The van der Waals surface area contributed by atoms with E-state index in [0.717, 1.165) is 0 Å². The van der Waals surface area contributed by atoms with Crippen LogP contribution in [0.25, 0.3) is 0 Å². The van der Waals surface area contributed by atoms with Crippen LogP contribution in [-0.2, 0) is 0 Å². The molecule has 3 nitrogen and oxygen atoms in total. The van der Waals surface area contributed by atoms with Gasteiger partial charge >= 0.3 is 6.09 Å². The van der Waals surface area contributed by atoms with E-state index in [4.69, 9.17) is 5.11 Å². The maximum absolute atomic E-state index is 10.7. The topological polar surface area (TPSA) is 40.5 Å². The number of benzene rings is 1. The Hall–Kier alpha value is -1.51. The lowest BCUT2D eigenvalue weighted by atomic mass is 10.3. The van der Waals surface area contributed by atoms with Gasteiger partial charge in [0.25, 0.3) is 0 Å². The summed E-state index contributed by atoms with van der Waals surface area (Å²) in [5.74, 6) is 0. The zero-order valence-corrected chi connectivity index (χ0v) is 6.90. The quantitative estimate of drug-likeness (QED) is 0.729. The van der Waals surface area contributed by atoms with Crippen molar-refractivity contribution >= 4 is 11.8 Å². The van der Waals surface area contributed by atoms with Gasteiger partial charge in [0, 0.05) is 12.2 Å². The highest BCUT2D eigenvalue weighted by Gasteiger charge is 2.09. The molecule has 0 aliphatic carbocycles. The van der Waals surface area contributed by atoms with Crippen molar-refractivity contribution < 1.29 is 9.90 Å².